The lowest BCUT2D eigenvalue weighted by Gasteiger charge is -2.26. The van der Waals surface area contributed by atoms with Crippen LogP contribution >= 0.6 is 11.3 Å². The zero-order valence-corrected chi connectivity index (χ0v) is 19.0. The number of thiazole rings is 1. The van der Waals surface area contributed by atoms with E-state index in [9.17, 15) is 17.6 Å². The van der Waals surface area contributed by atoms with Crippen molar-refractivity contribution in [1.29, 1.82) is 0 Å². The number of halogens is 1. The number of benzene rings is 2. The highest BCUT2D eigenvalue weighted by Gasteiger charge is 2.31. The van der Waals surface area contributed by atoms with Gasteiger partial charge in [-0.2, -0.15) is 8.42 Å². The van der Waals surface area contributed by atoms with Crippen LogP contribution in [0.5, 0.6) is 5.75 Å². The molecule has 3 rings (SSSR count). The number of aldehydes is 1. The maximum Gasteiger partial charge on any atom is 0.291 e. The van der Waals surface area contributed by atoms with E-state index in [0.29, 0.717) is 17.0 Å². The van der Waals surface area contributed by atoms with E-state index in [1.165, 1.54) is 6.92 Å². The summed E-state index contributed by atoms with van der Waals surface area (Å²) in [5, 5.41) is 1.64. The molecule has 0 spiro atoms. The van der Waals surface area contributed by atoms with Gasteiger partial charge in [-0.3, -0.25) is 9.10 Å². The predicted molar refractivity (Wildman–Crippen MR) is 119 cm³/mol. The first kappa shape index (κ1) is 22.9. The second-order valence-electron chi connectivity index (χ2n) is 7.19. The molecule has 3 aromatic rings. The molecule has 6 nitrogen and oxygen atoms in total. The molecule has 31 heavy (non-hydrogen) atoms. The SMILES string of the molecule is Cc1ccc(OCc2ccc(C=O)cc2)c(N(CC(C)F)S(=O)(=O)c2nc(C)cs2)c1. The number of aryl methyl sites for hydroxylation is 2. The fraction of sp³-hybridized carbons (Fsp3) is 0.273. The summed E-state index contributed by atoms with van der Waals surface area (Å²) in [5.41, 5.74) is 2.99. The molecule has 1 aromatic heterocycles. The van der Waals surface area contributed by atoms with Crippen molar-refractivity contribution in [2.24, 2.45) is 0 Å². The minimum atomic E-state index is -4.08. The molecule has 0 N–H and O–H groups in total. The Morgan fingerprint density at radius 3 is 2.48 bits per heavy atom. The van der Waals surface area contributed by atoms with Crippen molar-refractivity contribution in [3.8, 4) is 5.75 Å². The quantitative estimate of drug-likeness (QED) is 0.431. The number of anilines is 1. The molecule has 0 saturated heterocycles. The fourth-order valence-electron chi connectivity index (χ4n) is 2.90. The third kappa shape index (κ3) is 5.48. The van der Waals surface area contributed by atoms with Crippen LogP contribution in [0.2, 0.25) is 0 Å². The first-order valence-electron chi connectivity index (χ1n) is 9.57. The number of alkyl halides is 1. The molecule has 2 aromatic carbocycles. The maximum atomic E-state index is 14.1. The first-order valence-corrected chi connectivity index (χ1v) is 11.9. The second-order valence-corrected chi connectivity index (χ2v) is 10.1. The first-order chi connectivity index (χ1) is 14.7. The molecule has 0 aliphatic rings. The number of aromatic nitrogens is 1. The van der Waals surface area contributed by atoms with Gasteiger partial charge >= 0.3 is 0 Å². The molecule has 0 amide bonds. The van der Waals surface area contributed by atoms with E-state index >= 15 is 0 Å². The van der Waals surface area contributed by atoms with Gasteiger partial charge in [-0.25, -0.2) is 9.37 Å². The average molecular weight is 463 g/mol. The molecule has 0 aliphatic heterocycles. The van der Waals surface area contributed by atoms with Gasteiger partial charge in [0, 0.05) is 16.6 Å². The Balaban J connectivity index is 1.98. The van der Waals surface area contributed by atoms with Crippen LogP contribution in [-0.4, -0.2) is 32.4 Å². The predicted octanol–water partition coefficient (Wildman–Crippen LogP) is 4.70. The topological polar surface area (TPSA) is 76.6 Å². The van der Waals surface area contributed by atoms with Crippen molar-refractivity contribution in [2.45, 2.75) is 37.9 Å². The number of hydrogen-bond donors (Lipinski definition) is 0. The van der Waals surface area contributed by atoms with E-state index in [4.69, 9.17) is 4.74 Å². The monoisotopic (exact) mass is 462 g/mol. The Morgan fingerprint density at radius 2 is 1.90 bits per heavy atom. The molecule has 1 atom stereocenters. The normalized spacial score (nSPS) is 12.4. The number of sulfonamides is 1. The van der Waals surface area contributed by atoms with Gasteiger partial charge in [-0.05, 0) is 44.0 Å². The Morgan fingerprint density at radius 1 is 1.19 bits per heavy atom. The highest BCUT2D eigenvalue weighted by Crippen LogP contribution is 2.35. The highest BCUT2D eigenvalue weighted by molar-refractivity contribution is 7.94. The molecule has 0 fully saturated rings. The van der Waals surface area contributed by atoms with Crippen LogP contribution in [0.3, 0.4) is 0 Å². The van der Waals surface area contributed by atoms with Gasteiger partial charge in [-0.1, -0.05) is 30.3 Å². The van der Waals surface area contributed by atoms with Gasteiger partial charge < -0.3 is 4.74 Å². The lowest BCUT2D eigenvalue weighted by Crippen LogP contribution is -2.36. The van der Waals surface area contributed by atoms with E-state index < -0.39 is 16.2 Å². The van der Waals surface area contributed by atoms with Crippen molar-refractivity contribution in [2.75, 3.05) is 10.8 Å². The highest BCUT2D eigenvalue weighted by atomic mass is 32.2. The van der Waals surface area contributed by atoms with Crippen LogP contribution < -0.4 is 9.04 Å². The van der Waals surface area contributed by atoms with Crippen molar-refractivity contribution in [3.05, 3.63) is 70.2 Å². The van der Waals surface area contributed by atoms with Crippen molar-refractivity contribution in [1.82, 2.24) is 4.98 Å². The molecule has 0 bridgehead atoms. The summed E-state index contributed by atoms with van der Waals surface area (Å²) in [6, 6.07) is 12.0. The lowest BCUT2D eigenvalue weighted by molar-refractivity contribution is 0.112. The summed E-state index contributed by atoms with van der Waals surface area (Å²) >= 11 is 0.998. The lowest BCUT2D eigenvalue weighted by atomic mass is 10.1. The summed E-state index contributed by atoms with van der Waals surface area (Å²) in [4.78, 5) is 14.9. The van der Waals surface area contributed by atoms with Gasteiger partial charge in [0.15, 0.2) is 0 Å². The fourth-order valence-corrected chi connectivity index (χ4v) is 5.57. The molecule has 0 saturated carbocycles. The third-order valence-corrected chi connectivity index (χ3v) is 7.55. The van der Waals surface area contributed by atoms with E-state index in [1.807, 2.05) is 6.92 Å². The standard InChI is InChI=1S/C22H23FN2O4S2/c1-15-4-9-21(29-13-19-7-5-18(12-26)6-8-19)20(10-15)25(11-16(2)23)31(27,28)22-24-17(3)14-30-22/h4-10,12,14,16H,11,13H2,1-3H3. The molecule has 9 heteroatoms. The van der Waals surface area contributed by atoms with Crippen LogP contribution in [0, 0.1) is 13.8 Å². The summed E-state index contributed by atoms with van der Waals surface area (Å²) < 4.78 is 47.5. The van der Waals surface area contributed by atoms with Crippen molar-refractivity contribution < 1.29 is 22.3 Å². The Bertz CT molecular complexity index is 1160. The molecule has 1 heterocycles. The van der Waals surface area contributed by atoms with E-state index in [-0.39, 0.29) is 23.2 Å². The zero-order chi connectivity index (χ0) is 22.6. The Kier molecular flexibility index (Phi) is 7.07. The van der Waals surface area contributed by atoms with Gasteiger partial charge in [-0.15, -0.1) is 11.3 Å². The largest absolute Gasteiger partial charge is 0.487 e. The van der Waals surface area contributed by atoms with E-state index in [1.54, 1.807) is 54.8 Å². The van der Waals surface area contributed by atoms with Crippen molar-refractivity contribution in [3.63, 3.8) is 0 Å². The van der Waals surface area contributed by atoms with Crippen LogP contribution in [0.25, 0.3) is 0 Å². The summed E-state index contributed by atoms with van der Waals surface area (Å²) in [6.07, 6.45) is -0.649. The average Bonchev–Trinajstić information content (AvgIpc) is 3.18. The van der Waals surface area contributed by atoms with Gasteiger partial charge in [0.05, 0.1) is 12.2 Å². The summed E-state index contributed by atoms with van der Waals surface area (Å²) in [6.45, 7) is 4.62. The van der Waals surface area contributed by atoms with Gasteiger partial charge in [0.1, 0.15) is 24.8 Å². The van der Waals surface area contributed by atoms with Crippen LogP contribution in [-0.2, 0) is 16.6 Å². The number of carbonyl (C=O) groups excluding carboxylic acids is 1. The molecule has 0 aliphatic carbocycles. The molecular weight excluding hydrogens is 439 g/mol. The van der Waals surface area contributed by atoms with Crippen LogP contribution in [0.15, 0.2) is 52.2 Å². The van der Waals surface area contributed by atoms with Crippen LogP contribution in [0.4, 0.5) is 10.1 Å². The van der Waals surface area contributed by atoms with Crippen molar-refractivity contribution >= 4 is 33.3 Å². The minimum Gasteiger partial charge on any atom is -0.487 e. The number of rotatable bonds is 9. The molecule has 1 unspecified atom stereocenters. The zero-order valence-electron chi connectivity index (χ0n) is 17.4. The maximum absolute atomic E-state index is 14.1. The number of ether oxygens (including phenoxy) is 1. The van der Waals surface area contributed by atoms with Gasteiger partial charge in [0.2, 0.25) is 4.34 Å². The molecule has 0 radical (unpaired) electrons. The second kappa shape index (κ2) is 9.57. The number of carbonyl (C=O) groups is 1. The number of hydrogen-bond acceptors (Lipinski definition) is 6. The van der Waals surface area contributed by atoms with E-state index in [2.05, 4.69) is 4.98 Å². The van der Waals surface area contributed by atoms with E-state index in [0.717, 1.165) is 33.1 Å². The van der Waals surface area contributed by atoms with Crippen LogP contribution in [0.1, 0.15) is 34.1 Å². The summed E-state index contributed by atoms with van der Waals surface area (Å²) in [7, 11) is -4.08. The number of nitrogens with zero attached hydrogens (tertiary/aromatic N) is 2. The molecule has 164 valence electrons. The Labute approximate surface area is 185 Å². The van der Waals surface area contributed by atoms with Gasteiger partial charge in [0.25, 0.3) is 10.0 Å². The third-order valence-electron chi connectivity index (χ3n) is 4.42. The minimum absolute atomic E-state index is 0.0949. The Hall–Kier alpha value is -2.78. The molecular formula is C22H23FN2O4S2. The summed E-state index contributed by atoms with van der Waals surface area (Å²) in [5.74, 6) is 0.308. The smallest absolute Gasteiger partial charge is 0.291 e.